The van der Waals surface area contributed by atoms with E-state index >= 15 is 0 Å². The van der Waals surface area contributed by atoms with E-state index in [9.17, 15) is 45.5 Å². The molecule has 6 aromatic carbocycles. The molecule has 0 saturated carbocycles. The lowest BCUT2D eigenvalue weighted by Gasteiger charge is -2.08. The molecule has 0 fully saturated rings. The van der Waals surface area contributed by atoms with Crippen molar-refractivity contribution < 1.29 is 54.5 Å². The van der Waals surface area contributed by atoms with Crippen LogP contribution >= 0.6 is 11.3 Å². The molecule has 26 nitrogen and oxygen atoms in total. The molecule has 110 heavy (non-hydrogen) atoms. The number of pyridine rings is 2. The number of amides is 4. The number of carbonyl (C=O) groups excluding carboxylic acids is 4. The van der Waals surface area contributed by atoms with Crippen molar-refractivity contribution in [2.45, 2.75) is 45.5 Å². The SMILES string of the molecule is Cc1ccc2c(NC(=O)c3cccnn3)nn(Cc3ccc(C(F)(F)F)nc3)c2n1.N#Cc1ccc(Cn2nc(NC(=O)c3ccno3)c3ccccc32)cc1.N#Cc1ccc(Cn2nc(NC(=O)c3ccoc3)c3ccccc32)cc1.O=C(Nc1nn(Cc2ccc(C(F)(F)F)cc2)c2ccccc12)c1cncs1. The zero-order chi connectivity index (χ0) is 76.9. The molecule has 4 amide bonds. The van der Waals surface area contributed by atoms with Gasteiger partial charge in [0.25, 0.3) is 23.6 Å². The third-order valence-electron chi connectivity index (χ3n) is 16.4. The van der Waals surface area contributed by atoms with Crippen molar-refractivity contribution in [3.8, 4) is 12.1 Å². The van der Waals surface area contributed by atoms with Gasteiger partial charge in [0.2, 0.25) is 5.76 Å². The van der Waals surface area contributed by atoms with E-state index in [0.717, 1.165) is 73.9 Å². The van der Waals surface area contributed by atoms with E-state index in [-0.39, 0.29) is 42.2 Å². The van der Waals surface area contributed by atoms with Crippen LogP contribution in [0.5, 0.6) is 0 Å². The largest absolute Gasteiger partial charge is 0.472 e. The maximum Gasteiger partial charge on any atom is 0.433 e. The molecule has 546 valence electrons. The van der Waals surface area contributed by atoms with Crippen molar-refractivity contribution in [3.05, 3.63) is 309 Å². The summed E-state index contributed by atoms with van der Waals surface area (Å²) in [7, 11) is 0. The molecule has 0 atom stereocenters. The van der Waals surface area contributed by atoms with Gasteiger partial charge < -0.3 is 30.2 Å². The summed E-state index contributed by atoms with van der Waals surface area (Å²) in [4.78, 5) is 61.5. The third kappa shape index (κ3) is 17.6. The average molecular weight is 1500 g/mol. The Bertz CT molecular complexity index is 5840. The van der Waals surface area contributed by atoms with Crippen molar-refractivity contribution in [2.24, 2.45) is 0 Å². The van der Waals surface area contributed by atoms with Crippen LogP contribution in [0, 0.1) is 29.6 Å². The summed E-state index contributed by atoms with van der Waals surface area (Å²) in [6.07, 6.45) is -0.548. The molecule has 0 bridgehead atoms. The van der Waals surface area contributed by atoms with Crippen LogP contribution in [0.3, 0.4) is 0 Å². The van der Waals surface area contributed by atoms with Gasteiger partial charge in [-0.1, -0.05) is 84.0 Å². The minimum Gasteiger partial charge on any atom is -0.472 e. The number of furan rings is 1. The number of halogens is 6. The number of hydrogen-bond acceptors (Lipinski definition) is 19. The van der Waals surface area contributed by atoms with Crippen LogP contribution in [0.1, 0.15) is 91.4 Å². The van der Waals surface area contributed by atoms with Gasteiger partial charge >= 0.3 is 12.4 Å². The van der Waals surface area contributed by atoms with Gasteiger partial charge in [-0.3, -0.25) is 43.2 Å². The molecule has 16 rings (SSSR count). The second kappa shape index (κ2) is 32.7. The second-order valence-electron chi connectivity index (χ2n) is 23.9. The summed E-state index contributed by atoms with van der Waals surface area (Å²) in [5.74, 6) is 0.239. The number of thiazole rings is 1. The van der Waals surface area contributed by atoms with E-state index in [2.05, 4.69) is 84.1 Å². The Morgan fingerprint density at radius 2 is 1.01 bits per heavy atom. The van der Waals surface area contributed by atoms with E-state index < -0.39 is 35.4 Å². The molecular weight excluding hydrogens is 1450 g/mol. The number of nitrogens with zero attached hydrogens (tertiary/aromatic N) is 16. The van der Waals surface area contributed by atoms with Gasteiger partial charge in [0.05, 0.1) is 107 Å². The molecule has 0 spiro atoms. The number of para-hydroxylation sites is 3. The van der Waals surface area contributed by atoms with Crippen LogP contribution in [-0.2, 0) is 38.5 Å². The van der Waals surface area contributed by atoms with Crippen molar-refractivity contribution >= 4 is 102 Å². The van der Waals surface area contributed by atoms with Gasteiger partial charge in [-0.05, 0) is 138 Å². The first-order valence-corrected chi connectivity index (χ1v) is 33.8. The third-order valence-corrected chi connectivity index (χ3v) is 17.2. The number of aromatic nitrogens is 14. The Balaban J connectivity index is 0.000000129. The summed E-state index contributed by atoms with van der Waals surface area (Å²) >= 11 is 1.22. The minimum atomic E-state index is -4.51. The summed E-state index contributed by atoms with van der Waals surface area (Å²) < 4.78 is 93.0. The lowest BCUT2D eigenvalue weighted by Crippen LogP contribution is -2.15. The fraction of sp³-hybridized carbons (Fsp3) is 0.0909. The highest BCUT2D eigenvalue weighted by Crippen LogP contribution is 2.33. The first-order valence-electron chi connectivity index (χ1n) is 32.9. The molecule has 0 aliphatic heterocycles. The van der Waals surface area contributed by atoms with E-state index in [1.165, 1.54) is 77.5 Å². The first kappa shape index (κ1) is 73.5. The van der Waals surface area contributed by atoms with Gasteiger partial charge in [-0.2, -0.15) is 62.4 Å². The van der Waals surface area contributed by atoms with Crippen LogP contribution in [0.2, 0.25) is 0 Å². The Labute approximate surface area is 621 Å². The zero-order valence-corrected chi connectivity index (χ0v) is 57.9. The number of nitrogens with one attached hydrogen (secondary N) is 4. The lowest BCUT2D eigenvalue weighted by atomic mass is 10.1. The van der Waals surface area contributed by atoms with E-state index in [0.29, 0.717) is 74.3 Å². The normalized spacial score (nSPS) is 11.1. The number of aryl methyl sites for hydroxylation is 1. The number of benzene rings is 6. The van der Waals surface area contributed by atoms with Crippen molar-refractivity contribution in [1.29, 1.82) is 10.5 Å². The van der Waals surface area contributed by atoms with E-state index in [1.54, 1.807) is 65.6 Å². The molecule has 0 aliphatic rings. The molecule has 0 radical (unpaired) electrons. The number of carbonyl (C=O) groups is 4. The van der Waals surface area contributed by atoms with Gasteiger partial charge in [0, 0.05) is 40.3 Å². The fourth-order valence-corrected chi connectivity index (χ4v) is 11.6. The molecular formula is C77H54F6N20O6S. The van der Waals surface area contributed by atoms with Crippen LogP contribution in [-0.4, -0.2) is 93.1 Å². The number of hydrogen-bond donors (Lipinski definition) is 4. The van der Waals surface area contributed by atoms with Crippen LogP contribution in [0.4, 0.5) is 49.6 Å². The monoisotopic (exact) mass is 1500 g/mol. The van der Waals surface area contributed by atoms with Crippen molar-refractivity contribution in [3.63, 3.8) is 0 Å². The summed E-state index contributed by atoms with van der Waals surface area (Å²) in [5.41, 5.74) is 8.66. The summed E-state index contributed by atoms with van der Waals surface area (Å²) in [5, 5.41) is 60.8. The number of alkyl halides is 6. The second-order valence-corrected chi connectivity index (χ2v) is 24.8. The van der Waals surface area contributed by atoms with E-state index in [4.69, 9.17) is 19.5 Å². The Morgan fingerprint density at radius 1 is 0.500 bits per heavy atom. The molecule has 10 heterocycles. The standard InChI is InChI=1S/C20H14N4O2.C19H14F3N7O.C19H13F3N4OS.C19H13N5O2/c21-11-14-5-7-15(8-6-14)12-24-18-4-2-1-3-17(18)19(23-24)22-20(25)16-9-10-26-13-16;1-11-4-6-13-16(26-18(30)14-3-2-8-24-27-14)28-29(17(13)25-11)10-12-5-7-15(23-9-12)19(20,21)22;20-19(21,22)13-7-5-12(6-8-13)10-26-15-4-2-1-3-14(15)17(25-26)24-18(27)16-9-23-11-28-16;20-11-13-5-7-14(8-6-13)12-24-16-4-2-1-3-15(16)18(23-24)22-19(25)17-9-10-21-26-17/h1-10,13H,12H2,(H,22,23,25);2-9H,10H2,1H3,(H,26,28,30);1-9,11H,10H2,(H,24,25,27);1-10H,12H2,(H,22,23,25). The predicted octanol–water partition coefficient (Wildman–Crippen LogP) is 15.1. The molecule has 10 aromatic heterocycles. The highest BCUT2D eigenvalue weighted by Gasteiger charge is 2.33. The van der Waals surface area contributed by atoms with Crippen molar-refractivity contribution in [2.75, 3.05) is 21.3 Å². The summed E-state index contributed by atoms with van der Waals surface area (Å²) in [6.45, 7) is 3.25. The Morgan fingerprint density at radius 3 is 1.48 bits per heavy atom. The summed E-state index contributed by atoms with van der Waals surface area (Å²) in [6, 6.07) is 58.5. The van der Waals surface area contributed by atoms with Gasteiger partial charge in [0.15, 0.2) is 34.6 Å². The number of nitriles is 2. The molecule has 0 unspecified atom stereocenters. The van der Waals surface area contributed by atoms with Crippen LogP contribution in [0.15, 0.2) is 246 Å². The highest BCUT2D eigenvalue weighted by molar-refractivity contribution is 7.11. The highest BCUT2D eigenvalue weighted by atomic mass is 32.1. The molecule has 16 aromatic rings. The maximum absolute atomic E-state index is 12.7. The Kier molecular flexibility index (Phi) is 21.8. The fourth-order valence-electron chi connectivity index (χ4n) is 11.1. The number of anilines is 4. The van der Waals surface area contributed by atoms with Gasteiger partial charge in [-0.25, -0.2) is 9.67 Å². The molecule has 0 aliphatic carbocycles. The quantitative estimate of drug-likeness (QED) is 0.0653. The average Bonchev–Trinajstić information content (AvgIpc) is 1.66. The van der Waals surface area contributed by atoms with Gasteiger partial charge in [0.1, 0.15) is 16.8 Å². The minimum absolute atomic E-state index is 0.118. The Hall–Kier alpha value is -14.9. The maximum atomic E-state index is 12.7. The molecule has 0 saturated heterocycles. The smallest absolute Gasteiger partial charge is 0.433 e. The molecule has 4 N–H and O–H groups in total. The number of rotatable bonds is 16. The topological polar surface area (TPSA) is 339 Å². The zero-order valence-electron chi connectivity index (χ0n) is 57.1. The number of fused-ring (bicyclic) bond motifs is 4. The molecule has 33 heteroatoms. The first-order chi connectivity index (χ1) is 53.2. The van der Waals surface area contributed by atoms with Crippen LogP contribution < -0.4 is 21.3 Å². The van der Waals surface area contributed by atoms with Gasteiger partial charge in [-0.15, -0.1) is 16.4 Å². The van der Waals surface area contributed by atoms with Crippen molar-refractivity contribution in [1.82, 2.24) is 69.4 Å². The lowest BCUT2D eigenvalue weighted by molar-refractivity contribution is -0.141. The van der Waals surface area contributed by atoms with E-state index in [1.807, 2.05) is 106 Å². The van der Waals surface area contributed by atoms with Crippen LogP contribution in [0.25, 0.3) is 43.7 Å². The predicted molar refractivity (Wildman–Crippen MR) is 392 cm³/mol.